The van der Waals surface area contributed by atoms with Gasteiger partial charge in [0, 0.05) is 62.9 Å². The smallest absolute Gasteiger partial charge is 0.329 e. The summed E-state index contributed by atoms with van der Waals surface area (Å²) in [7, 11) is -2.63. The number of benzene rings is 2. The number of nitrogens with zero attached hydrogens (tertiary/aromatic N) is 12. The van der Waals surface area contributed by atoms with Crippen LogP contribution in [-0.4, -0.2) is 83.9 Å². The van der Waals surface area contributed by atoms with E-state index in [9.17, 15) is 18.4 Å². The number of fused-ring (bicyclic) bond motifs is 4. The average Bonchev–Trinajstić information content (AvgIpc) is 4.34. The monoisotopic (exact) mass is 1060 g/mol. The highest BCUT2D eigenvalue weighted by Crippen LogP contribution is 2.38. The maximum absolute atomic E-state index is 14.2. The van der Waals surface area contributed by atoms with Crippen molar-refractivity contribution >= 4 is 63.1 Å². The SMILES string of the molecule is C.C.CC(C)(C)[Si](OCCCCn1c(Cn2c(=O)n(C3CC3)c3ccncc32)nc2cc(F)cnc21)(c1ccccc1)c1ccccc1.O=c1n(Cc2nc3cc(F)cnc3n2CCCCO)c2cnccc2n1C1CC1. The molecule has 2 aliphatic carbocycles. The zero-order valence-electron chi connectivity index (χ0n) is 42.4. The van der Waals surface area contributed by atoms with E-state index in [1.807, 2.05) is 30.4 Å². The molecule has 77 heavy (non-hydrogen) atoms. The second kappa shape index (κ2) is 22.6. The molecule has 2 fully saturated rings. The molecule has 12 rings (SSSR count). The van der Waals surface area contributed by atoms with Crippen molar-refractivity contribution in [2.24, 2.45) is 0 Å². The maximum Gasteiger partial charge on any atom is 0.329 e. The molecule has 0 bridgehead atoms. The van der Waals surface area contributed by atoms with Gasteiger partial charge in [-0.15, -0.1) is 0 Å². The molecule has 0 saturated heterocycles. The van der Waals surface area contributed by atoms with Crippen LogP contribution < -0.4 is 21.8 Å². The van der Waals surface area contributed by atoms with Crippen molar-refractivity contribution in [3.63, 3.8) is 0 Å². The van der Waals surface area contributed by atoms with Crippen LogP contribution in [0.2, 0.25) is 5.04 Å². The van der Waals surface area contributed by atoms with Crippen molar-refractivity contribution in [2.45, 2.75) is 130 Å². The number of aromatic nitrogens is 12. The molecule has 0 aliphatic heterocycles. The Labute approximate surface area is 446 Å². The second-order valence-electron chi connectivity index (χ2n) is 20.7. The molecule has 8 aromatic heterocycles. The third kappa shape index (κ3) is 10.5. The number of hydrogen-bond acceptors (Lipinski definition) is 10. The molecule has 2 saturated carbocycles. The van der Waals surface area contributed by atoms with Crippen molar-refractivity contribution in [2.75, 3.05) is 13.2 Å². The number of hydrogen-bond donors (Lipinski definition) is 1. The van der Waals surface area contributed by atoms with E-state index in [0.717, 1.165) is 67.0 Å². The van der Waals surface area contributed by atoms with Crippen LogP contribution in [-0.2, 0) is 30.6 Å². The first-order valence-electron chi connectivity index (χ1n) is 25.9. The van der Waals surface area contributed by atoms with E-state index < -0.39 is 20.0 Å². The number of pyridine rings is 4. The molecule has 0 radical (unpaired) electrons. The molecule has 16 nitrogen and oxygen atoms in total. The van der Waals surface area contributed by atoms with Gasteiger partial charge in [0.05, 0.1) is 59.9 Å². The highest BCUT2D eigenvalue weighted by molar-refractivity contribution is 6.99. The minimum atomic E-state index is -2.63. The van der Waals surface area contributed by atoms with Gasteiger partial charge in [-0.3, -0.25) is 28.2 Å². The van der Waals surface area contributed by atoms with E-state index in [1.165, 1.54) is 34.9 Å². The molecular formula is C58H68F2N12O4Si. The Bertz CT molecular complexity index is 3740. The summed E-state index contributed by atoms with van der Waals surface area (Å²) in [5, 5.41) is 11.5. The van der Waals surface area contributed by atoms with Crippen LogP contribution in [0, 0.1) is 11.6 Å². The first kappa shape index (κ1) is 54.3. The van der Waals surface area contributed by atoms with Gasteiger partial charge >= 0.3 is 11.4 Å². The molecular weight excluding hydrogens is 995 g/mol. The maximum atomic E-state index is 14.2. The lowest BCUT2D eigenvalue weighted by atomic mass is 10.2. The van der Waals surface area contributed by atoms with Crippen molar-refractivity contribution in [3.05, 3.63) is 166 Å². The minimum Gasteiger partial charge on any atom is -0.407 e. The lowest BCUT2D eigenvalue weighted by Gasteiger charge is -2.43. The highest BCUT2D eigenvalue weighted by Gasteiger charge is 2.50. The Morgan fingerprint density at radius 2 is 1.04 bits per heavy atom. The zero-order chi connectivity index (χ0) is 51.8. The number of aliphatic hydroxyl groups is 1. The Hall–Kier alpha value is -7.48. The normalized spacial score (nSPS) is 13.7. The number of aliphatic hydroxyl groups excluding tert-OH is 1. The summed E-state index contributed by atoms with van der Waals surface area (Å²) in [6.45, 7) is 9.24. The summed E-state index contributed by atoms with van der Waals surface area (Å²) in [6, 6.07) is 28.3. The first-order chi connectivity index (χ1) is 36.4. The van der Waals surface area contributed by atoms with E-state index in [4.69, 9.17) is 14.5 Å². The average molecular weight is 1060 g/mol. The lowest BCUT2D eigenvalue weighted by molar-refractivity contribution is 0.281. The minimum absolute atomic E-state index is 0. The van der Waals surface area contributed by atoms with Gasteiger partial charge in [0.2, 0.25) is 0 Å². The standard InChI is InChI=1S/C36H39FN6O2Si.C20H21FN6O2.2CH4/c1-36(2,3)46(28-12-6-4-7-13-28,29-14-8-5-9-15-29)45-21-11-10-20-41-33(40-30-22-26(37)23-39-34(30)41)25-42-32-24-38-19-18-31(32)43(35(42)44)27-16-17-27;21-13-9-15-19(23-10-13)25(7-1-2-8-28)18(24-15)12-26-17-11-22-6-5-16(17)27(20(26)29)14-3-4-14;;/h4-9,12-15,18-19,22-24,27H,10-11,16-17,20-21,25H2,1-3H3;5-6,9-11,14,28H,1-4,7-8,12H2;2*1H4. The molecule has 0 spiro atoms. The van der Waals surface area contributed by atoms with Gasteiger partial charge in [-0.2, -0.15) is 0 Å². The van der Waals surface area contributed by atoms with Crippen molar-refractivity contribution in [1.82, 2.24) is 57.3 Å². The lowest BCUT2D eigenvalue weighted by Crippen LogP contribution is -2.66. The summed E-state index contributed by atoms with van der Waals surface area (Å²) in [5.74, 6) is 0.420. The van der Waals surface area contributed by atoms with Crippen LogP contribution in [0.3, 0.4) is 0 Å². The molecule has 2 aromatic carbocycles. The van der Waals surface area contributed by atoms with Crippen molar-refractivity contribution < 1.29 is 18.3 Å². The van der Waals surface area contributed by atoms with Crippen molar-refractivity contribution in [1.29, 1.82) is 0 Å². The number of rotatable bonds is 18. The Morgan fingerprint density at radius 1 is 0.597 bits per heavy atom. The molecule has 0 atom stereocenters. The van der Waals surface area contributed by atoms with E-state index in [-0.39, 0.29) is 63.1 Å². The number of unbranched alkanes of at least 4 members (excludes halogenated alkanes) is 2. The Kier molecular flexibility index (Phi) is 16.0. The fraction of sp³-hybridized carbons (Fsp3) is 0.379. The van der Waals surface area contributed by atoms with Gasteiger partial charge in [-0.25, -0.2) is 38.3 Å². The number of halogens is 2. The first-order valence-corrected chi connectivity index (χ1v) is 27.8. The second-order valence-corrected chi connectivity index (χ2v) is 25.0. The van der Waals surface area contributed by atoms with Crippen LogP contribution in [0.25, 0.3) is 44.4 Å². The van der Waals surface area contributed by atoms with Crippen LogP contribution in [0.1, 0.15) is 111 Å². The predicted octanol–water partition coefficient (Wildman–Crippen LogP) is 9.33. The molecule has 8 heterocycles. The third-order valence-corrected chi connectivity index (χ3v) is 19.6. The Morgan fingerprint density at radius 3 is 1.45 bits per heavy atom. The molecule has 19 heteroatoms. The van der Waals surface area contributed by atoms with Gasteiger partial charge in [0.1, 0.15) is 34.3 Å². The van der Waals surface area contributed by atoms with Crippen LogP contribution in [0.15, 0.2) is 132 Å². The fourth-order valence-electron chi connectivity index (χ4n) is 10.7. The van der Waals surface area contributed by atoms with Crippen LogP contribution >= 0.6 is 0 Å². The van der Waals surface area contributed by atoms with Gasteiger partial charge in [-0.05, 0) is 78.9 Å². The topological polar surface area (TPSA) is 171 Å². The molecule has 0 amide bonds. The van der Waals surface area contributed by atoms with Gasteiger partial charge in [0.15, 0.2) is 11.3 Å². The van der Waals surface area contributed by atoms with Gasteiger partial charge in [-0.1, -0.05) is 96.3 Å². The van der Waals surface area contributed by atoms with E-state index in [1.54, 1.807) is 33.9 Å². The quantitative estimate of drug-likeness (QED) is 0.0645. The van der Waals surface area contributed by atoms with E-state index >= 15 is 0 Å². The number of imidazole rings is 4. The fourth-order valence-corrected chi connectivity index (χ4v) is 15.3. The molecule has 402 valence electrons. The van der Waals surface area contributed by atoms with Crippen LogP contribution in [0.5, 0.6) is 0 Å². The number of aryl methyl sites for hydroxylation is 2. The summed E-state index contributed by atoms with van der Waals surface area (Å²) in [5.41, 5.74) is 5.28. The van der Waals surface area contributed by atoms with Gasteiger partial charge < -0.3 is 18.7 Å². The largest absolute Gasteiger partial charge is 0.407 e. The molecule has 1 N–H and O–H groups in total. The summed E-state index contributed by atoms with van der Waals surface area (Å²) >= 11 is 0. The highest BCUT2D eigenvalue weighted by atomic mass is 28.4. The van der Waals surface area contributed by atoms with E-state index in [0.29, 0.717) is 60.1 Å². The summed E-state index contributed by atoms with van der Waals surface area (Å²) < 4.78 is 46.1. The third-order valence-electron chi connectivity index (χ3n) is 14.5. The van der Waals surface area contributed by atoms with Crippen molar-refractivity contribution in [3.8, 4) is 0 Å². The molecule has 2 aliphatic rings. The van der Waals surface area contributed by atoms with E-state index in [2.05, 4.69) is 106 Å². The van der Waals surface area contributed by atoms with Gasteiger partial charge in [0.25, 0.3) is 8.32 Å². The van der Waals surface area contributed by atoms with Crippen LogP contribution in [0.4, 0.5) is 8.78 Å². The zero-order valence-corrected chi connectivity index (χ0v) is 43.4. The molecule has 10 aromatic rings. The summed E-state index contributed by atoms with van der Waals surface area (Å²) in [4.78, 5) is 53.3. The Balaban J connectivity index is 0.000000201. The predicted molar refractivity (Wildman–Crippen MR) is 300 cm³/mol. The summed E-state index contributed by atoms with van der Waals surface area (Å²) in [6.07, 6.45) is 16.3. The molecule has 0 unspecified atom stereocenters.